The molecule has 0 N–H and O–H groups in total. The second-order valence-corrected chi connectivity index (χ2v) is 10.5. The molecule has 0 radical (unpaired) electrons. The molecule has 8 nitrogen and oxygen atoms in total. The highest BCUT2D eigenvalue weighted by molar-refractivity contribution is 7.89. The van der Waals surface area contributed by atoms with E-state index in [9.17, 15) is 22.9 Å². The Hall–Kier alpha value is -3.00. The van der Waals surface area contributed by atoms with Crippen molar-refractivity contribution in [3.8, 4) is 17.2 Å². The van der Waals surface area contributed by atoms with E-state index >= 15 is 0 Å². The van der Waals surface area contributed by atoms with Crippen molar-refractivity contribution in [3.63, 3.8) is 0 Å². The van der Waals surface area contributed by atoms with Crippen molar-refractivity contribution in [1.29, 1.82) is 5.26 Å². The summed E-state index contributed by atoms with van der Waals surface area (Å²) < 4.78 is 46.2. The van der Waals surface area contributed by atoms with Crippen LogP contribution in [0.15, 0.2) is 47.3 Å². The number of pyridine rings is 2. The molecule has 0 aliphatic heterocycles. The summed E-state index contributed by atoms with van der Waals surface area (Å²) in [5.74, 6) is -0.959. The predicted molar refractivity (Wildman–Crippen MR) is 114 cm³/mol. The van der Waals surface area contributed by atoms with Gasteiger partial charge in [0.05, 0.1) is 17.5 Å². The molecule has 168 valence electrons. The average Bonchev–Trinajstić information content (AvgIpc) is 2.75. The number of allylic oxidation sites excluding steroid dienone is 1. The van der Waals surface area contributed by atoms with Crippen LogP contribution in [0.1, 0.15) is 26.0 Å². The van der Waals surface area contributed by atoms with E-state index in [4.69, 9.17) is 4.74 Å². The summed E-state index contributed by atoms with van der Waals surface area (Å²) >= 11 is 0. The molecule has 0 spiro atoms. The van der Waals surface area contributed by atoms with Crippen LogP contribution in [-0.4, -0.2) is 49.7 Å². The minimum absolute atomic E-state index is 0.0780. The Labute approximate surface area is 186 Å². The number of Topliss-reactive ketones (excluding diaryl/α,β-unsaturated/α-hetero) is 1. The van der Waals surface area contributed by atoms with Gasteiger partial charge in [0.1, 0.15) is 17.5 Å². The molecule has 0 fully saturated rings. The number of aromatic nitrogens is 2. The van der Waals surface area contributed by atoms with Gasteiger partial charge in [-0.2, -0.15) is 5.26 Å². The molecule has 2 aromatic heterocycles. The maximum Gasteiger partial charge on any atom is 0.260 e. The Balaban J connectivity index is 2.30. The summed E-state index contributed by atoms with van der Waals surface area (Å²) in [6.45, 7) is 3.40. The van der Waals surface area contributed by atoms with E-state index in [0.717, 1.165) is 10.5 Å². The molecule has 3 rings (SSSR count). The largest absolute Gasteiger partial charge is 0.368 e. The Morgan fingerprint density at radius 3 is 2.53 bits per heavy atom. The zero-order valence-corrected chi connectivity index (χ0v) is 19.2. The Morgan fingerprint density at radius 1 is 1.25 bits per heavy atom. The number of carbonyl (C=O) groups is 1. The minimum Gasteiger partial charge on any atom is -0.368 e. The molecule has 0 saturated heterocycles. The van der Waals surface area contributed by atoms with E-state index in [2.05, 4.69) is 9.97 Å². The summed E-state index contributed by atoms with van der Waals surface area (Å²) in [5.41, 5.74) is -1.46. The van der Waals surface area contributed by atoms with E-state index in [0.29, 0.717) is 5.56 Å². The van der Waals surface area contributed by atoms with E-state index in [1.54, 1.807) is 13.8 Å². The van der Waals surface area contributed by atoms with Crippen LogP contribution >= 0.6 is 0 Å². The van der Waals surface area contributed by atoms with Crippen molar-refractivity contribution in [3.05, 3.63) is 53.8 Å². The van der Waals surface area contributed by atoms with Gasteiger partial charge in [-0.3, -0.25) is 9.78 Å². The highest BCUT2D eigenvalue weighted by Crippen LogP contribution is 2.47. The molecule has 0 saturated carbocycles. The number of sulfonamides is 1. The van der Waals surface area contributed by atoms with Crippen LogP contribution in [0.2, 0.25) is 0 Å². The lowest BCUT2D eigenvalue weighted by Crippen LogP contribution is -2.43. The third-order valence-electron chi connectivity index (χ3n) is 5.47. The van der Waals surface area contributed by atoms with Crippen molar-refractivity contribution >= 4 is 15.8 Å². The maximum atomic E-state index is 14.3. The molecule has 1 unspecified atom stereocenters. The molecular formula is C22H23FN4O4S. The fourth-order valence-electron chi connectivity index (χ4n) is 3.82. The number of ether oxygens (including phenoxy) is 1. The van der Waals surface area contributed by atoms with Gasteiger partial charge in [-0.05, 0) is 36.3 Å². The number of halogens is 1. The molecule has 0 bridgehead atoms. The summed E-state index contributed by atoms with van der Waals surface area (Å²) in [7, 11) is 0.346. The van der Waals surface area contributed by atoms with Crippen LogP contribution < -0.4 is 0 Å². The summed E-state index contributed by atoms with van der Waals surface area (Å²) in [5, 5.41) is 9.31. The van der Waals surface area contributed by atoms with Gasteiger partial charge < -0.3 is 4.74 Å². The first-order valence-corrected chi connectivity index (χ1v) is 11.1. The van der Waals surface area contributed by atoms with Crippen LogP contribution in [0, 0.1) is 22.6 Å². The van der Waals surface area contributed by atoms with Crippen molar-refractivity contribution in [2.24, 2.45) is 5.41 Å². The fourth-order valence-corrected chi connectivity index (χ4v) is 4.66. The third kappa shape index (κ3) is 3.95. The number of rotatable bonds is 5. The second-order valence-electron chi connectivity index (χ2n) is 8.37. The normalized spacial score (nSPS) is 20.7. The molecule has 1 atom stereocenters. The molecule has 32 heavy (non-hydrogen) atoms. The van der Waals surface area contributed by atoms with Gasteiger partial charge in [-0.25, -0.2) is 22.1 Å². The number of nitrogens with zero attached hydrogens (tertiary/aromatic N) is 4. The van der Waals surface area contributed by atoms with Gasteiger partial charge in [0.15, 0.2) is 10.8 Å². The first-order chi connectivity index (χ1) is 14.9. The van der Waals surface area contributed by atoms with Crippen LogP contribution in [-0.2, 0) is 25.2 Å². The number of carbonyl (C=O) groups excluding carboxylic acids is 1. The monoisotopic (exact) mass is 458 g/mol. The van der Waals surface area contributed by atoms with Gasteiger partial charge in [0, 0.05) is 38.4 Å². The minimum atomic E-state index is -3.84. The Morgan fingerprint density at radius 2 is 1.94 bits per heavy atom. The molecule has 2 aromatic rings. The molecule has 0 aromatic carbocycles. The van der Waals surface area contributed by atoms with E-state index < -0.39 is 26.9 Å². The smallest absolute Gasteiger partial charge is 0.260 e. The van der Waals surface area contributed by atoms with Crippen LogP contribution in [0.25, 0.3) is 11.1 Å². The number of ketones is 1. The molecule has 0 amide bonds. The van der Waals surface area contributed by atoms with Crippen molar-refractivity contribution < 1.29 is 22.3 Å². The molecular weight excluding hydrogens is 435 g/mol. The van der Waals surface area contributed by atoms with E-state index in [1.165, 1.54) is 51.7 Å². The first-order valence-electron chi connectivity index (χ1n) is 9.66. The standard InChI is InChI=1S/C22H23FN4O4S/c1-21(2)13-22(31-5,10-15(11-24)20(21)28)19-17(9-16(23)12-26-19)14-6-7-25-18(8-14)32(29,30)27(3)4/h6-10,12H,13H2,1-5H3. The van der Waals surface area contributed by atoms with Crippen LogP contribution in [0.4, 0.5) is 4.39 Å². The number of hydrogen-bond donors (Lipinski definition) is 0. The topological polar surface area (TPSA) is 113 Å². The summed E-state index contributed by atoms with van der Waals surface area (Å²) in [6.07, 6.45) is 3.88. The van der Waals surface area contributed by atoms with E-state index in [-0.39, 0.29) is 34.1 Å². The lowest BCUT2D eigenvalue weighted by atomic mass is 9.68. The van der Waals surface area contributed by atoms with Gasteiger partial charge in [0.25, 0.3) is 10.0 Å². The average molecular weight is 459 g/mol. The van der Waals surface area contributed by atoms with Crippen molar-refractivity contribution in [2.45, 2.75) is 30.9 Å². The van der Waals surface area contributed by atoms with Crippen LogP contribution in [0.3, 0.4) is 0 Å². The zero-order chi connectivity index (χ0) is 23.9. The Bertz CT molecular complexity index is 1260. The lowest BCUT2D eigenvalue weighted by Gasteiger charge is -2.40. The summed E-state index contributed by atoms with van der Waals surface area (Å²) in [4.78, 5) is 20.8. The van der Waals surface area contributed by atoms with Crippen molar-refractivity contribution in [2.75, 3.05) is 21.2 Å². The first kappa shape index (κ1) is 23.7. The number of nitriles is 1. The molecule has 1 aliphatic carbocycles. The van der Waals surface area contributed by atoms with Crippen molar-refractivity contribution in [1.82, 2.24) is 14.3 Å². The maximum absolute atomic E-state index is 14.3. The quantitative estimate of drug-likeness (QED) is 0.677. The van der Waals surface area contributed by atoms with Gasteiger partial charge in [-0.1, -0.05) is 13.8 Å². The molecule has 10 heteroatoms. The second kappa shape index (κ2) is 8.16. The van der Waals surface area contributed by atoms with E-state index in [1.807, 2.05) is 6.07 Å². The fraction of sp³-hybridized carbons (Fsp3) is 0.364. The zero-order valence-electron chi connectivity index (χ0n) is 18.4. The van der Waals surface area contributed by atoms with Gasteiger partial charge in [0.2, 0.25) is 0 Å². The number of hydrogen-bond acceptors (Lipinski definition) is 7. The molecule has 2 heterocycles. The molecule has 1 aliphatic rings. The highest BCUT2D eigenvalue weighted by atomic mass is 32.2. The van der Waals surface area contributed by atoms with Gasteiger partial charge in [-0.15, -0.1) is 0 Å². The lowest BCUT2D eigenvalue weighted by molar-refractivity contribution is -0.128. The van der Waals surface area contributed by atoms with Gasteiger partial charge >= 0.3 is 0 Å². The highest BCUT2D eigenvalue weighted by Gasteiger charge is 2.48. The number of methoxy groups -OCH3 is 1. The summed E-state index contributed by atoms with van der Waals surface area (Å²) in [6, 6.07) is 5.99. The predicted octanol–water partition coefficient (Wildman–Crippen LogP) is 2.82. The third-order valence-corrected chi connectivity index (χ3v) is 7.19. The Kier molecular flexibility index (Phi) is 6.04. The van der Waals surface area contributed by atoms with Crippen LogP contribution in [0.5, 0.6) is 0 Å². The SMILES string of the molecule is COC1(c2ncc(F)cc2-c2ccnc(S(=O)(=O)N(C)C)c2)C=C(C#N)C(=O)C(C)(C)C1.